The fourth-order valence-electron chi connectivity index (χ4n) is 1.50. The first kappa shape index (κ1) is 15.4. The maximum absolute atomic E-state index is 11.9. The van der Waals surface area contributed by atoms with Crippen LogP contribution < -0.4 is 5.32 Å². The molecule has 0 fully saturated rings. The Bertz CT molecular complexity index is 524. The van der Waals surface area contributed by atoms with Crippen molar-refractivity contribution >= 4 is 17.6 Å². The average Bonchev–Trinajstić information content (AvgIpc) is 2.45. The molecular weight excluding hydrogens is 264 g/mol. The molecule has 1 amide bonds. The second-order valence-corrected chi connectivity index (χ2v) is 3.88. The molecule has 1 unspecified atom stereocenters. The predicted molar refractivity (Wildman–Crippen MR) is 71.2 cm³/mol. The number of nitrogens with one attached hydrogen (secondary N) is 1. The Morgan fingerprint density at radius 3 is 2.50 bits per heavy atom. The van der Waals surface area contributed by atoms with Gasteiger partial charge in [-0.2, -0.15) is 0 Å². The summed E-state index contributed by atoms with van der Waals surface area (Å²) in [6, 6.07) is 4.23. The molecule has 1 aromatic carbocycles. The molecule has 7 nitrogen and oxygen atoms in total. The van der Waals surface area contributed by atoms with Crippen molar-refractivity contribution in [2.75, 3.05) is 7.11 Å². The summed E-state index contributed by atoms with van der Waals surface area (Å²) in [5, 5.41) is 13.0. The highest BCUT2D eigenvalue weighted by molar-refractivity contribution is 5.96. The number of non-ortho nitro benzene ring substituents is 1. The minimum absolute atomic E-state index is 0.114. The summed E-state index contributed by atoms with van der Waals surface area (Å²) in [4.78, 5) is 33.3. The van der Waals surface area contributed by atoms with Crippen LogP contribution in [0.4, 0.5) is 5.69 Å². The molecule has 0 aliphatic rings. The summed E-state index contributed by atoms with van der Waals surface area (Å²) in [5.74, 6) is -1.10. The van der Waals surface area contributed by atoms with E-state index in [2.05, 4.69) is 16.6 Å². The van der Waals surface area contributed by atoms with E-state index in [0.717, 1.165) is 0 Å². The number of carbonyl (C=O) groups is 2. The van der Waals surface area contributed by atoms with Crippen molar-refractivity contribution in [1.82, 2.24) is 5.32 Å². The van der Waals surface area contributed by atoms with Crippen LogP contribution in [0.25, 0.3) is 0 Å². The first-order valence-corrected chi connectivity index (χ1v) is 5.73. The zero-order valence-corrected chi connectivity index (χ0v) is 10.9. The van der Waals surface area contributed by atoms with Gasteiger partial charge >= 0.3 is 5.97 Å². The molecule has 0 radical (unpaired) electrons. The van der Waals surface area contributed by atoms with E-state index < -0.39 is 22.8 Å². The molecule has 7 heteroatoms. The Morgan fingerprint density at radius 2 is 2.05 bits per heavy atom. The van der Waals surface area contributed by atoms with Gasteiger partial charge in [0.25, 0.3) is 11.6 Å². The number of hydrogen-bond donors (Lipinski definition) is 1. The molecule has 1 N–H and O–H groups in total. The predicted octanol–water partition coefficient (Wildman–Crippen LogP) is 1.44. The molecule has 0 aliphatic carbocycles. The highest BCUT2D eigenvalue weighted by Crippen LogP contribution is 2.12. The van der Waals surface area contributed by atoms with Gasteiger partial charge < -0.3 is 10.1 Å². The van der Waals surface area contributed by atoms with Gasteiger partial charge in [-0.3, -0.25) is 14.9 Å². The second kappa shape index (κ2) is 7.03. The molecule has 20 heavy (non-hydrogen) atoms. The third-order valence-electron chi connectivity index (χ3n) is 2.53. The highest BCUT2D eigenvalue weighted by Gasteiger charge is 2.20. The maximum atomic E-state index is 11.9. The van der Waals surface area contributed by atoms with Gasteiger partial charge in [-0.15, -0.1) is 6.58 Å². The molecule has 0 aliphatic heterocycles. The van der Waals surface area contributed by atoms with Crippen LogP contribution in [-0.4, -0.2) is 30.0 Å². The van der Waals surface area contributed by atoms with Gasteiger partial charge in [-0.1, -0.05) is 6.08 Å². The molecule has 0 saturated heterocycles. The second-order valence-electron chi connectivity index (χ2n) is 3.88. The van der Waals surface area contributed by atoms with Gasteiger partial charge in [0.05, 0.1) is 12.0 Å². The van der Waals surface area contributed by atoms with Crippen molar-refractivity contribution in [3.05, 3.63) is 52.6 Å². The van der Waals surface area contributed by atoms with E-state index in [4.69, 9.17) is 0 Å². The van der Waals surface area contributed by atoms with Crippen molar-refractivity contribution < 1.29 is 19.2 Å². The lowest BCUT2D eigenvalue weighted by Crippen LogP contribution is -2.41. The van der Waals surface area contributed by atoms with Crippen LogP contribution in [0.5, 0.6) is 0 Å². The van der Waals surface area contributed by atoms with Crippen molar-refractivity contribution in [3.8, 4) is 0 Å². The van der Waals surface area contributed by atoms with Crippen LogP contribution in [-0.2, 0) is 9.53 Å². The lowest BCUT2D eigenvalue weighted by atomic mass is 10.1. The van der Waals surface area contributed by atoms with Crippen LogP contribution in [0.2, 0.25) is 0 Å². The third-order valence-corrected chi connectivity index (χ3v) is 2.53. The summed E-state index contributed by atoms with van der Waals surface area (Å²) in [5.41, 5.74) is 0.103. The van der Waals surface area contributed by atoms with Crippen LogP contribution >= 0.6 is 0 Å². The number of esters is 1. The number of amides is 1. The Labute approximate surface area is 115 Å². The molecular formula is C13H14N2O5. The summed E-state index contributed by atoms with van der Waals surface area (Å²) >= 11 is 0. The Balaban J connectivity index is 2.80. The molecule has 0 bridgehead atoms. The van der Waals surface area contributed by atoms with Crippen LogP contribution in [0.3, 0.4) is 0 Å². The van der Waals surface area contributed by atoms with E-state index in [-0.39, 0.29) is 17.7 Å². The molecule has 1 aromatic rings. The van der Waals surface area contributed by atoms with E-state index >= 15 is 0 Å². The summed E-state index contributed by atoms with van der Waals surface area (Å²) in [7, 11) is 1.22. The minimum atomic E-state index is -0.833. The first-order chi connectivity index (χ1) is 9.49. The quantitative estimate of drug-likeness (QED) is 0.367. The topological polar surface area (TPSA) is 98.5 Å². The standard InChI is InChI=1S/C13H14N2O5/c1-3-4-11(13(17)20-2)14-12(16)9-5-7-10(8-6-9)15(18)19/h3,5-8,11H,1,4H2,2H3,(H,14,16). The fraction of sp³-hybridized carbons (Fsp3) is 0.231. The summed E-state index contributed by atoms with van der Waals surface area (Å²) in [6.45, 7) is 3.49. The average molecular weight is 278 g/mol. The number of benzene rings is 1. The Kier molecular flexibility index (Phi) is 5.40. The first-order valence-electron chi connectivity index (χ1n) is 5.73. The number of nitro benzene ring substituents is 1. The van der Waals surface area contributed by atoms with Crippen molar-refractivity contribution in [2.24, 2.45) is 0 Å². The van der Waals surface area contributed by atoms with E-state index in [0.29, 0.717) is 0 Å². The van der Waals surface area contributed by atoms with Crippen LogP contribution in [0.1, 0.15) is 16.8 Å². The number of methoxy groups -OCH3 is 1. The van der Waals surface area contributed by atoms with Gasteiger partial charge in [-0.25, -0.2) is 4.79 Å². The smallest absolute Gasteiger partial charge is 0.328 e. The summed E-state index contributed by atoms with van der Waals surface area (Å²) in [6.07, 6.45) is 1.71. The Hall–Kier alpha value is -2.70. The number of ether oxygens (including phenoxy) is 1. The lowest BCUT2D eigenvalue weighted by molar-refractivity contribution is -0.384. The number of nitro groups is 1. The highest BCUT2D eigenvalue weighted by atomic mass is 16.6. The van der Waals surface area contributed by atoms with Gasteiger partial charge in [0.1, 0.15) is 6.04 Å². The van der Waals surface area contributed by atoms with Crippen molar-refractivity contribution in [1.29, 1.82) is 0 Å². The van der Waals surface area contributed by atoms with Gasteiger partial charge in [0.15, 0.2) is 0 Å². The molecule has 0 aromatic heterocycles. The zero-order chi connectivity index (χ0) is 15.1. The minimum Gasteiger partial charge on any atom is -0.467 e. The van der Waals surface area contributed by atoms with E-state index in [1.165, 1.54) is 37.5 Å². The monoisotopic (exact) mass is 278 g/mol. The SMILES string of the molecule is C=CCC(NC(=O)c1ccc([N+](=O)[O-])cc1)C(=O)OC. The van der Waals surface area contributed by atoms with Crippen LogP contribution in [0, 0.1) is 10.1 Å². The van der Waals surface area contributed by atoms with E-state index in [1.54, 1.807) is 0 Å². The van der Waals surface area contributed by atoms with Crippen molar-refractivity contribution in [2.45, 2.75) is 12.5 Å². The molecule has 1 rings (SSSR count). The van der Waals surface area contributed by atoms with E-state index in [9.17, 15) is 19.7 Å². The van der Waals surface area contributed by atoms with Gasteiger partial charge in [0, 0.05) is 17.7 Å². The lowest BCUT2D eigenvalue weighted by Gasteiger charge is -2.14. The molecule has 0 heterocycles. The molecule has 1 atom stereocenters. The number of rotatable bonds is 6. The normalized spacial score (nSPS) is 11.2. The number of hydrogen-bond acceptors (Lipinski definition) is 5. The fourth-order valence-corrected chi connectivity index (χ4v) is 1.50. The maximum Gasteiger partial charge on any atom is 0.328 e. The van der Waals surface area contributed by atoms with Gasteiger partial charge in [0.2, 0.25) is 0 Å². The molecule has 106 valence electrons. The number of carbonyl (C=O) groups excluding carboxylic acids is 2. The van der Waals surface area contributed by atoms with Crippen molar-refractivity contribution in [3.63, 3.8) is 0 Å². The summed E-state index contributed by atoms with van der Waals surface area (Å²) < 4.78 is 4.56. The number of nitrogens with zero attached hydrogens (tertiary/aromatic N) is 1. The van der Waals surface area contributed by atoms with E-state index in [1.807, 2.05) is 0 Å². The van der Waals surface area contributed by atoms with Crippen LogP contribution in [0.15, 0.2) is 36.9 Å². The molecule has 0 spiro atoms. The largest absolute Gasteiger partial charge is 0.467 e. The Morgan fingerprint density at radius 1 is 1.45 bits per heavy atom. The third kappa shape index (κ3) is 3.91. The van der Waals surface area contributed by atoms with Gasteiger partial charge in [-0.05, 0) is 18.6 Å². The zero-order valence-electron chi connectivity index (χ0n) is 10.9. The molecule has 0 saturated carbocycles.